The van der Waals surface area contributed by atoms with Gasteiger partial charge in [0.25, 0.3) is 0 Å². The topological polar surface area (TPSA) is 95.4 Å². The first-order valence-electron chi connectivity index (χ1n) is 9.85. The van der Waals surface area contributed by atoms with Crippen molar-refractivity contribution >= 4 is 28.9 Å². The van der Waals surface area contributed by atoms with E-state index in [0.29, 0.717) is 30.5 Å². The molecule has 8 nitrogen and oxygen atoms in total. The van der Waals surface area contributed by atoms with Gasteiger partial charge >= 0.3 is 0 Å². The van der Waals surface area contributed by atoms with Gasteiger partial charge < -0.3 is 29.5 Å². The summed E-state index contributed by atoms with van der Waals surface area (Å²) in [4.78, 5) is 19.0. The molecule has 0 unspecified atom stereocenters. The van der Waals surface area contributed by atoms with Gasteiger partial charge in [-0.3, -0.25) is 4.79 Å². The second-order valence-electron chi connectivity index (χ2n) is 6.90. The number of anilines is 2. The zero-order valence-corrected chi connectivity index (χ0v) is 17.6. The van der Waals surface area contributed by atoms with E-state index in [1.807, 2.05) is 9.80 Å². The van der Waals surface area contributed by atoms with Gasteiger partial charge in [-0.2, -0.15) is 0 Å². The van der Waals surface area contributed by atoms with E-state index in [4.69, 9.17) is 26.2 Å². The molecule has 162 valence electrons. The number of nitrogens with zero attached hydrogens (tertiary/aromatic N) is 3. The number of pyridine rings is 1. The number of carbonyl (C=O) groups excluding carboxylic acids is 1. The number of methoxy groups -OCH3 is 1. The number of halogens is 1. The molecule has 0 saturated carbocycles. The van der Waals surface area contributed by atoms with Crippen molar-refractivity contribution in [3.63, 3.8) is 0 Å². The lowest BCUT2D eigenvalue weighted by Gasteiger charge is -2.31. The van der Waals surface area contributed by atoms with Crippen molar-refractivity contribution < 1.29 is 24.5 Å². The van der Waals surface area contributed by atoms with Crippen LogP contribution in [0.3, 0.4) is 0 Å². The fourth-order valence-electron chi connectivity index (χ4n) is 3.41. The molecule has 2 N–H and O–H groups in total. The Balaban J connectivity index is 0.000000216. The zero-order chi connectivity index (χ0) is 21.5. The second kappa shape index (κ2) is 10.4. The third-order valence-corrected chi connectivity index (χ3v) is 5.16. The quantitative estimate of drug-likeness (QED) is 0.762. The summed E-state index contributed by atoms with van der Waals surface area (Å²) in [5, 5.41) is 18.5. The van der Waals surface area contributed by atoms with Crippen molar-refractivity contribution in [2.75, 3.05) is 44.9 Å². The first kappa shape index (κ1) is 22.0. The number of phenolic OH excluding ortho intramolecular Hbond substituents is 1. The average Bonchev–Trinajstić information content (AvgIpc) is 3.29. The van der Waals surface area contributed by atoms with Crippen LogP contribution in [0, 0.1) is 0 Å². The van der Waals surface area contributed by atoms with E-state index in [9.17, 15) is 9.90 Å². The predicted molar refractivity (Wildman–Crippen MR) is 114 cm³/mol. The van der Waals surface area contributed by atoms with Gasteiger partial charge in [-0.25, -0.2) is 4.98 Å². The van der Waals surface area contributed by atoms with Crippen LogP contribution in [0.4, 0.5) is 11.4 Å². The van der Waals surface area contributed by atoms with Crippen molar-refractivity contribution in [2.24, 2.45) is 0 Å². The van der Waals surface area contributed by atoms with Gasteiger partial charge in [0.05, 0.1) is 37.8 Å². The number of carbonyl (C=O) groups is 1. The first-order valence-corrected chi connectivity index (χ1v) is 10.2. The SMILES string of the molecule is COc1ncc(N2CCOc3ccc(O)cc32)cc1Cl.O=C(CCO)N1CCCC1. The molecule has 2 aliphatic heterocycles. The molecule has 2 aliphatic rings. The molecule has 0 radical (unpaired) electrons. The van der Waals surface area contributed by atoms with Crippen LogP contribution in [0.2, 0.25) is 5.02 Å². The lowest BCUT2D eigenvalue weighted by atomic mass is 10.2. The van der Waals surface area contributed by atoms with Gasteiger partial charge in [0.2, 0.25) is 11.8 Å². The molecule has 1 aromatic carbocycles. The van der Waals surface area contributed by atoms with Crippen molar-refractivity contribution in [1.29, 1.82) is 0 Å². The molecular weight excluding hydrogens is 410 g/mol. The van der Waals surface area contributed by atoms with Crippen LogP contribution in [0.25, 0.3) is 0 Å². The van der Waals surface area contributed by atoms with Gasteiger partial charge in [0.15, 0.2) is 0 Å². The Kier molecular flexibility index (Phi) is 7.59. The molecule has 4 rings (SSSR count). The number of aromatic nitrogens is 1. The molecule has 9 heteroatoms. The molecule has 0 aliphatic carbocycles. The standard InChI is InChI=1S/C14H13ClN2O3.C7H13NO2/c1-19-14-11(15)6-9(8-16-14)17-4-5-20-13-3-2-10(18)7-12(13)17;9-6-3-7(10)8-4-1-2-5-8/h2-3,6-8,18H,4-5H2,1H3;9H,1-6H2. The van der Waals surface area contributed by atoms with Gasteiger partial charge in [0, 0.05) is 25.6 Å². The molecule has 0 bridgehead atoms. The highest BCUT2D eigenvalue weighted by atomic mass is 35.5. The third kappa shape index (κ3) is 5.25. The molecule has 0 spiro atoms. The van der Waals surface area contributed by atoms with E-state index in [2.05, 4.69) is 4.98 Å². The number of hydrogen-bond donors (Lipinski definition) is 2. The fourth-order valence-corrected chi connectivity index (χ4v) is 3.65. The molecule has 2 aromatic rings. The maximum absolute atomic E-state index is 11.0. The molecule has 1 amide bonds. The Morgan fingerprint density at radius 2 is 2.03 bits per heavy atom. The second-order valence-corrected chi connectivity index (χ2v) is 7.31. The number of amides is 1. The first-order chi connectivity index (χ1) is 14.5. The number of hydrogen-bond acceptors (Lipinski definition) is 7. The highest BCUT2D eigenvalue weighted by molar-refractivity contribution is 6.32. The van der Waals surface area contributed by atoms with E-state index in [1.54, 1.807) is 30.5 Å². The van der Waals surface area contributed by atoms with E-state index in [0.717, 1.165) is 43.1 Å². The number of phenols is 1. The summed E-state index contributed by atoms with van der Waals surface area (Å²) >= 11 is 6.11. The lowest BCUT2D eigenvalue weighted by Crippen LogP contribution is -2.28. The summed E-state index contributed by atoms with van der Waals surface area (Å²) in [6.45, 7) is 2.97. The molecule has 1 aromatic heterocycles. The van der Waals surface area contributed by atoms with Crippen LogP contribution in [0.15, 0.2) is 30.5 Å². The van der Waals surface area contributed by atoms with Crippen molar-refractivity contribution in [2.45, 2.75) is 19.3 Å². The normalized spacial score (nSPS) is 15.0. The summed E-state index contributed by atoms with van der Waals surface area (Å²) < 4.78 is 10.6. The monoisotopic (exact) mass is 435 g/mol. The number of likely N-dealkylation sites (tertiary alicyclic amines) is 1. The van der Waals surface area contributed by atoms with Crippen LogP contribution >= 0.6 is 11.6 Å². The van der Waals surface area contributed by atoms with Crippen LogP contribution in [0.5, 0.6) is 17.4 Å². The summed E-state index contributed by atoms with van der Waals surface area (Å²) in [6.07, 6.45) is 4.22. The van der Waals surface area contributed by atoms with Gasteiger partial charge in [-0.15, -0.1) is 0 Å². The minimum Gasteiger partial charge on any atom is -0.508 e. The van der Waals surface area contributed by atoms with Crippen LogP contribution < -0.4 is 14.4 Å². The molecule has 1 fully saturated rings. The third-order valence-electron chi connectivity index (χ3n) is 4.89. The van der Waals surface area contributed by atoms with Crippen LogP contribution in [-0.2, 0) is 4.79 Å². The molecule has 30 heavy (non-hydrogen) atoms. The van der Waals surface area contributed by atoms with E-state index in [1.165, 1.54) is 7.11 Å². The summed E-state index contributed by atoms with van der Waals surface area (Å²) in [5.41, 5.74) is 1.62. The maximum Gasteiger partial charge on any atom is 0.232 e. The number of benzene rings is 1. The zero-order valence-electron chi connectivity index (χ0n) is 16.9. The van der Waals surface area contributed by atoms with Gasteiger partial charge in [-0.1, -0.05) is 11.6 Å². The van der Waals surface area contributed by atoms with Crippen LogP contribution in [-0.4, -0.2) is 66.0 Å². The number of fused-ring (bicyclic) bond motifs is 1. The summed E-state index contributed by atoms with van der Waals surface area (Å²) in [5.74, 6) is 1.40. The Hall–Kier alpha value is -2.71. The molecule has 3 heterocycles. The van der Waals surface area contributed by atoms with E-state index >= 15 is 0 Å². The Labute approximate surface area is 180 Å². The van der Waals surface area contributed by atoms with E-state index < -0.39 is 0 Å². The minimum atomic E-state index is -0.0185. The lowest BCUT2D eigenvalue weighted by molar-refractivity contribution is -0.130. The Morgan fingerprint density at radius 1 is 1.27 bits per heavy atom. The molecule has 0 atom stereocenters. The smallest absolute Gasteiger partial charge is 0.232 e. The number of aliphatic hydroxyl groups is 1. The van der Waals surface area contributed by atoms with Gasteiger partial charge in [-0.05, 0) is 31.0 Å². The number of aliphatic hydroxyl groups excluding tert-OH is 1. The van der Waals surface area contributed by atoms with E-state index in [-0.39, 0.29) is 18.3 Å². The summed E-state index contributed by atoms with van der Waals surface area (Å²) in [7, 11) is 1.52. The number of ether oxygens (including phenoxy) is 2. The number of rotatable bonds is 4. The highest BCUT2D eigenvalue weighted by Gasteiger charge is 2.21. The predicted octanol–water partition coefficient (Wildman–Crippen LogP) is 2.97. The fraction of sp³-hybridized carbons (Fsp3) is 0.429. The number of aromatic hydroxyl groups is 1. The largest absolute Gasteiger partial charge is 0.508 e. The van der Waals surface area contributed by atoms with Crippen molar-refractivity contribution in [3.8, 4) is 17.4 Å². The summed E-state index contributed by atoms with van der Waals surface area (Å²) in [6, 6.07) is 6.79. The molecular formula is C21H26ClN3O5. The maximum atomic E-state index is 11.0. The Morgan fingerprint density at radius 3 is 2.70 bits per heavy atom. The Bertz CT molecular complexity index is 874. The van der Waals surface area contributed by atoms with Crippen molar-refractivity contribution in [1.82, 2.24) is 9.88 Å². The highest BCUT2D eigenvalue weighted by Crippen LogP contribution is 2.39. The van der Waals surface area contributed by atoms with Gasteiger partial charge in [0.1, 0.15) is 23.1 Å². The molecule has 1 saturated heterocycles. The minimum absolute atomic E-state index is 0.0185. The van der Waals surface area contributed by atoms with Crippen LogP contribution in [0.1, 0.15) is 19.3 Å². The van der Waals surface area contributed by atoms with Crippen molar-refractivity contribution in [3.05, 3.63) is 35.5 Å². The average molecular weight is 436 g/mol.